The van der Waals surface area contributed by atoms with Gasteiger partial charge >= 0.3 is 6.09 Å². The van der Waals surface area contributed by atoms with Crippen LogP contribution in [0.25, 0.3) is 0 Å². The van der Waals surface area contributed by atoms with Gasteiger partial charge in [0.15, 0.2) is 5.66 Å². The van der Waals surface area contributed by atoms with Gasteiger partial charge in [-0.3, -0.25) is 15.0 Å². The summed E-state index contributed by atoms with van der Waals surface area (Å²) >= 11 is 0. The molecule has 6 nitrogen and oxygen atoms in total. The van der Waals surface area contributed by atoms with Crippen LogP contribution in [0.1, 0.15) is 99.0 Å². The molecule has 0 aliphatic carbocycles. The predicted octanol–water partition coefficient (Wildman–Crippen LogP) is 6.29. The molecule has 1 aliphatic heterocycles. The fourth-order valence-electron chi connectivity index (χ4n) is 4.95. The molecule has 1 fully saturated rings. The quantitative estimate of drug-likeness (QED) is 0.353. The lowest BCUT2D eigenvalue weighted by Gasteiger charge is -2.47. The first-order valence-corrected chi connectivity index (χ1v) is 14.1. The van der Waals surface area contributed by atoms with E-state index >= 15 is 0 Å². The number of hydrogen-bond acceptors (Lipinski definition) is 4. The number of hydrogen-bond donors (Lipinski definition) is 2. The lowest BCUT2D eigenvalue weighted by atomic mass is 9.91. The third kappa shape index (κ3) is 9.76. The molecule has 0 saturated carbocycles. The molecule has 2 rings (SSSR count). The number of carbonyl (C=O) groups excluding carboxylic acids is 2. The Hall–Kier alpha value is -2.08. The Morgan fingerprint density at radius 1 is 1.08 bits per heavy atom. The zero-order valence-electron chi connectivity index (χ0n) is 23.9. The molecule has 204 valence electrons. The summed E-state index contributed by atoms with van der Waals surface area (Å²) in [6, 6.07) is 10.5. The summed E-state index contributed by atoms with van der Waals surface area (Å²) in [5, 5.41) is 6.44. The minimum atomic E-state index is -1.09. The zero-order valence-corrected chi connectivity index (χ0v) is 23.9. The van der Waals surface area contributed by atoms with Crippen LogP contribution in [-0.2, 0) is 16.0 Å². The first-order valence-electron chi connectivity index (χ1n) is 14.1. The summed E-state index contributed by atoms with van der Waals surface area (Å²) < 4.78 is 5.63. The van der Waals surface area contributed by atoms with Crippen LogP contribution in [-0.4, -0.2) is 47.3 Å². The zero-order chi connectivity index (χ0) is 26.8. The van der Waals surface area contributed by atoms with Crippen molar-refractivity contribution in [2.45, 2.75) is 117 Å². The largest absolute Gasteiger partial charge is 0.444 e. The minimum Gasteiger partial charge on any atom is -0.444 e. The van der Waals surface area contributed by atoms with Gasteiger partial charge in [-0.05, 0) is 83.1 Å². The van der Waals surface area contributed by atoms with Crippen LogP contribution in [0.4, 0.5) is 4.79 Å². The van der Waals surface area contributed by atoms with Gasteiger partial charge in [0.05, 0.1) is 0 Å². The number of amides is 2. The van der Waals surface area contributed by atoms with E-state index in [1.807, 2.05) is 26.8 Å². The highest BCUT2D eigenvalue weighted by Crippen LogP contribution is 2.29. The van der Waals surface area contributed by atoms with Crippen LogP contribution in [0.3, 0.4) is 0 Å². The fraction of sp³-hybridized carbons (Fsp3) is 0.733. The average Bonchev–Trinajstić information content (AvgIpc) is 2.80. The molecule has 36 heavy (non-hydrogen) atoms. The molecule has 1 aromatic rings. The van der Waals surface area contributed by atoms with Crippen molar-refractivity contribution in [3.8, 4) is 0 Å². The first-order chi connectivity index (χ1) is 16.9. The molecule has 1 saturated heterocycles. The molecular formula is C30H51N3O3. The molecule has 0 bridgehead atoms. The van der Waals surface area contributed by atoms with E-state index in [2.05, 4.69) is 67.5 Å². The molecule has 1 aromatic carbocycles. The predicted molar refractivity (Wildman–Crippen MR) is 148 cm³/mol. The van der Waals surface area contributed by atoms with Gasteiger partial charge in [-0.2, -0.15) is 0 Å². The van der Waals surface area contributed by atoms with E-state index in [9.17, 15) is 9.59 Å². The van der Waals surface area contributed by atoms with Crippen molar-refractivity contribution < 1.29 is 14.3 Å². The van der Waals surface area contributed by atoms with Gasteiger partial charge in [-0.25, -0.2) is 4.79 Å². The topological polar surface area (TPSA) is 70.7 Å². The minimum absolute atomic E-state index is 0.0355. The van der Waals surface area contributed by atoms with Crippen molar-refractivity contribution in [2.75, 3.05) is 13.1 Å². The molecule has 6 heteroatoms. The van der Waals surface area contributed by atoms with Gasteiger partial charge in [0.2, 0.25) is 0 Å². The van der Waals surface area contributed by atoms with Crippen molar-refractivity contribution in [1.82, 2.24) is 15.5 Å². The second kappa shape index (κ2) is 14.0. The van der Waals surface area contributed by atoms with Gasteiger partial charge < -0.3 is 10.1 Å². The Morgan fingerprint density at radius 3 is 2.39 bits per heavy atom. The maximum absolute atomic E-state index is 14.1. The number of alkyl carbamates (subject to hydrolysis) is 1. The average molecular weight is 502 g/mol. The fourth-order valence-corrected chi connectivity index (χ4v) is 4.95. The summed E-state index contributed by atoms with van der Waals surface area (Å²) in [5.41, 5.74) is -0.445. The molecule has 2 N–H and O–H groups in total. The van der Waals surface area contributed by atoms with Gasteiger partial charge in [0.25, 0.3) is 5.91 Å². The summed E-state index contributed by atoms with van der Waals surface area (Å²) in [7, 11) is 0. The number of benzene rings is 1. The molecule has 0 spiro atoms. The molecule has 0 radical (unpaired) electrons. The SMILES string of the molecule is CC[C@H](C)CCN1CCCC[C@@]1(NC(=O)OC(C)(C)C)C(=O)N[C@@H](CCc1ccccc1)CC(C)C. The number of likely N-dealkylation sites (tertiary alicyclic amines) is 1. The van der Waals surface area contributed by atoms with E-state index in [4.69, 9.17) is 4.74 Å². The van der Waals surface area contributed by atoms with Gasteiger partial charge in [0.1, 0.15) is 5.60 Å². The van der Waals surface area contributed by atoms with Crippen molar-refractivity contribution in [1.29, 1.82) is 0 Å². The lowest BCUT2D eigenvalue weighted by molar-refractivity contribution is -0.140. The number of aryl methyl sites for hydroxylation is 1. The number of nitrogens with zero attached hydrogens (tertiary/aromatic N) is 1. The van der Waals surface area contributed by atoms with E-state index in [0.717, 1.165) is 58.0 Å². The second-order valence-electron chi connectivity index (χ2n) is 12.1. The van der Waals surface area contributed by atoms with Gasteiger partial charge in [-0.1, -0.05) is 64.4 Å². The van der Waals surface area contributed by atoms with Gasteiger partial charge in [-0.15, -0.1) is 0 Å². The van der Waals surface area contributed by atoms with Crippen LogP contribution in [0.15, 0.2) is 30.3 Å². The molecule has 1 aliphatic rings. The van der Waals surface area contributed by atoms with E-state index in [-0.39, 0.29) is 11.9 Å². The molecule has 1 heterocycles. The van der Waals surface area contributed by atoms with Crippen LogP contribution in [0.5, 0.6) is 0 Å². The smallest absolute Gasteiger partial charge is 0.409 e. The second-order valence-corrected chi connectivity index (χ2v) is 12.1. The van der Waals surface area contributed by atoms with E-state index in [0.29, 0.717) is 18.3 Å². The highest BCUT2D eigenvalue weighted by atomic mass is 16.6. The molecule has 0 unspecified atom stereocenters. The number of rotatable bonds is 12. The highest BCUT2D eigenvalue weighted by Gasteiger charge is 2.48. The van der Waals surface area contributed by atoms with Crippen LogP contribution in [0.2, 0.25) is 0 Å². The van der Waals surface area contributed by atoms with Crippen molar-refractivity contribution in [3.05, 3.63) is 35.9 Å². The summed E-state index contributed by atoms with van der Waals surface area (Å²) in [6.45, 7) is 15.9. The standard InChI is InChI=1S/C30H51N3O3/c1-8-24(4)18-21-33-20-13-12-19-30(33,32-28(35)36-29(5,6)7)27(34)31-26(22-23(2)3)17-16-25-14-10-9-11-15-25/h9-11,14-15,23-24,26H,8,12-13,16-22H2,1-7H3,(H,31,34)(H,32,35)/t24-,26-,30-/m0/s1. The monoisotopic (exact) mass is 501 g/mol. The van der Waals surface area contributed by atoms with E-state index in [1.54, 1.807) is 0 Å². The first kappa shape index (κ1) is 30.1. The molecule has 2 amide bonds. The highest BCUT2D eigenvalue weighted by molar-refractivity contribution is 5.90. The molecule has 0 aromatic heterocycles. The van der Waals surface area contributed by atoms with Crippen molar-refractivity contribution in [3.63, 3.8) is 0 Å². The summed E-state index contributed by atoms with van der Waals surface area (Å²) in [6.07, 6.45) is 6.73. The van der Waals surface area contributed by atoms with Crippen LogP contribution in [0, 0.1) is 11.8 Å². The Balaban J connectivity index is 2.27. The maximum Gasteiger partial charge on any atom is 0.409 e. The number of ether oxygens (including phenoxy) is 1. The number of nitrogens with one attached hydrogen (secondary N) is 2. The normalized spacial score (nSPS) is 20.6. The maximum atomic E-state index is 14.1. The van der Waals surface area contributed by atoms with E-state index in [1.165, 1.54) is 5.56 Å². The molecule has 3 atom stereocenters. The van der Waals surface area contributed by atoms with Crippen molar-refractivity contribution in [2.24, 2.45) is 11.8 Å². The third-order valence-corrected chi connectivity index (χ3v) is 7.14. The summed E-state index contributed by atoms with van der Waals surface area (Å²) in [4.78, 5) is 29.3. The van der Waals surface area contributed by atoms with Gasteiger partial charge in [0, 0.05) is 19.1 Å². The third-order valence-electron chi connectivity index (χ3n) is 7.14. The van der Waals surface area contributed by atoms with Crippen LogP contribution >= 0.6 is 0 Å². The number of carbonyl (C=O) groups is 2. The molecular weight excluding hydrogens is 450 g/mol. The Kier molecular flexibility index (Phi) is 11.7. The van der Waals surface area contributed by atoms with E-state index < -0.39 is 17.4 Å². The Labute approximate surface area is 219 Å². The number of piperidine rings is 1. The van der Waals surface area contributed by atoms with Crippen LogP contribution < -0.4 is 10.6 Å². The Morgan fingerprint density at radius 2 is 1.78 bits per heavy atom. The summed E-state index contributed by atoms with van der Waals surface area (Å²) in [5.74, 6) is 0.915. The Bertz CT molecular complexity index is 805. The van der Waals surface area contributed by atoms with Crippen molar-refractivity contribution >= 4 is 12.0 Å². The lowest BCUT2D eigenvalue weighted by Crippen LogP contribution is -2.71.